The molecule has 1 aliphatic heterocycles. The van der Waals surface area contributed by atoms with Crippen molar-refractivity contribution in [1.29, 1.82) is 0 Å². The fourth-order valence-electron chi connectivity index (χ4n) is 1.73. The number of fused-ring (bicyclic) bond motifs is 1. The molecule has 86 valence electrons. The second-order valence-corrected chi connectivity index (χ2v) is 4.55. The van der Waals surface area contributed by atoms with E-state index in [1.54, 1.807) is 11.8 Å². The lowest BCUT2D eigenvalue weighted by molar-refractivity contribution is 1.41. The lowest BCUT2D eigenvalue weighted by Gasteiger charge is -2.18. The van der Waals surface area contributed by atoms with Crippen molar-refractivity contribution >= 4 is 40.1 Å². The van der Waals surface area contributed by atoms with Crippen molar-refractivity contribution in [2.45, 2.75) is 4.90 Å². The molecule has 0 unspecified atom stereocenters. The van der Waals surface area contributed by atoms with Gasteiger partial charge in [0, 0.05) is 10.3 Å². The van der Waals surface area contributed by atoms with Gasteiger partial charge in [-0.25, -0.2) is 0 Å². The van der Waals surface area contributed by atoms with Crippen molar-refractivity contribution in [3.63, 3.8) is 0 Å². The number of nitrogens with one attached hydrogen (secondary N) is 1. The molecule has 0 fully saturated rings. The normalized spacial score (nSPS) is 12.8. The Bertz CT molecular complexity index is 537. The highest BCUT2D eigenvalue weighted by atomic mass is 79.9. The first-order valence-electron chi connectivity index (χ1n) is 5.22. The number of hydrogen-bond donors (Lipinski definition) is 1. The van der Waals surface area contributed by atoms with E-state index >= 15 is 0 Å². The van der Waals surface area contributed by atoms with Crippen LogP contribution in [0.15, 0.2) is 64.9 Å². The fraction of sp³-hybridized carbons (Fsp3) is 0. The second kappa shape index (κ2) is 5.43. The van der Waals surface area contributed by atoms with E-state index in [1.165, 1.54) is 21.8 Å². The quantitative estimate of drug-likeness (QED) is 0.813. The Labute approximate surface area is 116 Å². The van der Waals surface area contributed by atoms with Crippen LogP contribution in [0, 0.1) is 0 Å². The van der Waals surface area contributed by atoms with Gasteiger partial charge in [-0.05, 0) is 17.7 Å². The Hall–Kier alpha value is -1.19. The van der Waals surface area contributed by atoms with Crippen LogP contribution in [0.1, 0.15) is 5.56 Å². The molecule has 0 amide bonds. The molecule has 0 atom stereocenters. The molecule has 0 radical (unpaired) electrons. The van der Waals surface area contributed by atoms with Crippen LogP contribution in [0.25, 0.3) is 5.70 Å². The van der Waals surface area contributed by atoms with E-state index < -0.39 is 0 Å². The van der Waals surface area contributed by atoms with E-state index in [4.69, 9.17) is 0 Å². The van der Waals surface area contributed by atoms with Crippen LogP contribution in [-0.4, -0.2) is 0 Å². The van der Waals surface area contributed by atoms with Crippen LogP contribution in [0.4, 0.5) is 5.69 Å². The molecule has 0 bridgehead atoms. The monoisotopic (exact) mass is 305 g/mol. The van der Waals surface area contributed by atoms with Crippen molar-refractivity contribution in [3.05, 3.63) is 65.6 Å². The zero-order chi connectivity index (χ0) is 10.8. The minimum absolute atomic E-state index is 0. The molecule has 2 aromatic carbocycles. The van der Waals surface area contributed by atoms with Gasteiger partial charge >= 0.3 is 0 Å². The zero-order valence-corrected chi connectivity index (χ0v) is 11.6. The summed E-state index contributed by atoms with van der Waals surface area (Å²) in [7, 11) is 0. The molecule has 0 saturated carbocycles. The van der Waals surface area contributed by atoms with Crippen LogP contribution in [0.3, 0.4) is 0 Å². The summed E-state index contributed by atoms with van der Waals surface area (Å²) in [5.41, 5.74) is 3.59. The van der Waals surface area contributed by atoms with Gasteiger partial charge in [0.25, 0.3) is 0 Å². The molecule has 1 heterocycles. The minimum Gasteiger partial charge on any atom is -0.354 e. The molecule has 0 spiro atoms. The number of para-hydroxylation sites is 1. The fourth-order valence-corrected chi connectivity index (χ4v) is 2.57. The first-order chi connectivity index (χ1) is 7.93. The van der Waals surface area contributed by atoms with Crippen molar-refractivity contribution in [2.24, 2.45) is 0 Å². The van der Waals surface area contributed by atoms with E-state index in [-0.39, 0.29) is 17.0 Å². The molecule has 0 aromatic heterocycles. The Kier molecular flexibility index (Phi) is 3.92. The summed E-state index contributed by atoms with van der Waals surface area (Å²) in [4.78, 5) is 1.28. The predicted molar refractivity (Wildman–Crippen MR) is 80.7 cm³/mol. The van der Waals surface area contributed by atoms with Crippen LogP contribution >= 0.6 is 28.7 Å². The maximum atomic E-state index is 3.45. The summed E-state index contributed by atoms with van der Waals surface area (Å²) in [5, 5.41) is 5.62. The van der Waals surface area contributed by atoms with Gasteiger partial charge in [0.05, 0.1) is 11.4 Å². The van der Waals surface area contributed by atoms with Gasteiger partial charge in [-0.2, -0.15) is 0 Å². The number of thioether (sulfide) groups is 1. The van der Waals surface area contributed by atoms with Gasteiger partial charge in [-0.3, -0.25) is 0 Å². The van der Waals surface area contributed by atoms with Crippen molar-refractivity contribution < 1.29 is 0 Å². The van der Waals surface area contributed by atoms with E-state index in [9.17, 15) is 0 Å². The van der Waals surface area contributed by atoms with E-state index in [0.717, 1.165) is 0 Å². The first-order valence-corrected chi connectivity index (χ1v) is 6.10. The number of hydrogen-bond acceptors (Lipinski definition) is 2. The third-order valence-corrected chi connectivity index (χ3v) is 3.51. The highest BCUT2D eigenvalue weighted by molar-refractivity contribution is 8.93. The first kappa shape index (κ1) is 12.3. The van der Waals surface area contributed by atoms with Crippen molar-refractivity contribution in [2.75, 3.05) is 5.32 Å². The molecule has 0 saturated heterocycles. The molecule has 1 N–H and O–H groups in total. The molecular formula is C14H12BrNS. The summed E-state index contributed by atoms with van der Waals surface area (Å²) in [6.07, 6.45) is 0. The van der Waals surface area contributed by atoms with Crippen LogP contribution in [0.2, 0.25) is 0 Å². The highest BCUT2D eigenvalue weighted by Gasteiger charge is 2.10. The molecule has 3 heteroatoms. The van der Waals surface area contributed by atoms with E-state index in [0.29, 0.717) is 0 Å². The van der Waals surface area contributed by atoms with Gasteiger partial charge in [0.15, 0.2) is 0 Å². The maximum Gasteiger partial charge on any atom is 0.0526 e. The standard InChI is InChI=1S/C14H11NS.BrH/c1-2-6-11(7-3-1)13-10-16-14-9-5-4-8-12(14)15-13;/h1-10,15H;1H. The molecule has 1 nitrogen and oxygen atoms in total. The third-order valence-electron chi connectivity index (χ3n) is 2.54. The molecule has 2 aromatic rings. The number of benzene rings is 2. The Morgan fingerprint density at radius 3 is 2.35 bits per heavy atom. The lowest BCUT2D eigenvalue weighted by Crippen LogP contribution is -2.02. The SMILES string of the molecule is Br.C1=C(c2ccccc2)Nc2ccccc2S1. The maximum absolute atomic E-state index is 3.45. The molecule has 1 aliphatic rings. The van der Waals surface area contributed by atoms with Crippen LogP contribution in [-0.2, 0) is 0 Å². The molecule has 3 rings (SSSR count). The van der Waals surface area contributed by atoms with E-state index in [1.807, 2.05) is 6.07 Å². The zero-order valence-electron chi connectivity index (χ0n) is 9.09. The summed E-state index contributed by atoms with van der Waals surface area (Å²) in [6, 6.07) is 18.7. The number of anilines is 1. The Morgan fingerprint density at radius 2 is 1.53 bits per heavy atom. The third kappa shape index (κ3) is 2.56. The van der Waals surface area contributed by atoms with Gasteiger partial charge in [0.2, 0.25) is 0 Å². The average Bonchev–Trinajstić information content (AvgIpc) is 2.39. The largest absolute Gasteiger partial charge is 0.354 e. The Balaban J connectivity index is 0.00000108. The van der Waals surface area contributed by atoms with Gasteiger partial charge in [-0.15, -0.1) is 17.0 Å². The van der Waals surface area contributed by atoms with E-state index in [2.05, 4.69) is 59.3 Å². The van der Waals surface area contributed by atoms with Crippen molar-refractivity contribution in [1.82, 2.24) is 0 Å². The molecular weight excluding hydrogens is 294 g/mol. The minimum atomic E-state index is 0. The average molecular weight is 306 g/mol. The lowest BCUT2D eigenvalue weighted by atomic mass is 10.1. The number of halogens is 1. The van der Waals surface area contributed by atoms with Crippen molar-refractivity contribution in [3.8, 4) is 0 Å². The Morgan fingerprint density at radius 1 is 0.824 bits per heavy atom. The molecule has 17 heavy (non-hydrogen) atoms. The van der Waals surface area contributed by atoms with Gasteiger partial charge in [0.1, 0.15) is 0 Å². The summed E-state index contributed by atoms with van der Waals surface area (Å²) >= 11 is 1.77. The highest BCUT2D eigenvalue weighted by Crippen LogP contribution is 2.36. The summed E-state index contributed by atoms with van der Waals surface area (Å²) < 4.78 is 0. The molecule has 0 aliphatic carbocycles. The topological polar surface area (TPSA) is 12.0 Å². The van der Waals surface area contributed by atoms with Crippen LogP contribution in [0.5, 0.6) is 0 Å². The predicted octanol–water partition coefficient (Wildman–Crippen LogP) is 4.78. The summed E-state index contributed by atoms with van der Waals surface area (Å²) in [6.45, 7) is 0. The van der Waals surface area contributed by atoms with Gasteiger partial charge in [-0.1, -0.05) is 54.2 Å². The number of rotatable bonds is 1. The van der Waals surface area contributed by atoms with Gasteiger partial charge < -0.3 is 5.32 Å². The summed E-state index contributed by atoms with van der Waals surface area (Å²) in [5.74, 6) is 0. The second-order valence-electron chi connectivity index (χ2n) is 3.64. The smallest absolute Gasteiger partial charge is 0.0526 e. The van der Waals surface area contributed by atoms with Crippen LogP contribution < -0.4 is 5.32 Å².